The quantitative estimate of drug-likeness (QED) is 0.381. The molecule has 4 rings (SSSR count). The summed E-state index contributed by atoms with van der Waals surface area (Å²) in [5.74, 6) is 2.38. The average Bonchev–Trinajstić information content (AvgIpc) is 3.29. The van der Waals surface area contributed by atoms with E-state index in [-0.39, 0.29) is 11.8 Å². The molecule has 1 saturated heterocycles. The van der Waals surface area contributed by atoms with Gasteiger partial charge in [0.2, 0.25) is 17.6 Å². The van der Waals surface area contributed by atoms with E-state index in [2.05, 4.69) is 51.5 Å². The summed E-state index contributed by atoms with van der Waals surface area (Å²) in [5, 5.41) is 7.22. The van der Waals surface area contributed by atoms with Crippen LogP contribution in [0, 0.1) is 12.8 Å². The second kappa shape index (κ2) is 11.3. The Balaban J connectivity index is 1.18. The fourth-order valence-electron chi connectivity index (χ4n) is 3.88. The molecule has 1 aliphatic rings. The van der Waals surface area contributed by atoms with Crippen LogP contribution in [0.25, 0.3) is 11.4 Å². The van der Waals surface area contributed by atoms with Gasteiger partial charge in [0.1, 0.15) is 0 Å². The van der Waals surface area contributed by atoms with Gasteiger partial charge in [-0.05, 0) is 50.6 Å². The average molecular weight is 451 g/mol. The van der Waals surface area contributed by atoms with Gasteiger partial charge >= 0.3 is 0 Å². The zero-order chi connectivity index (χ0) is 22.2. The van der Waals surface area contributed by atoms with Crippen molar-refractivity contribution in [1.29, 1.82) is 0 Å². The molecule has 0 spiro atoms. The van der Waals surface area contributed by atoms with E-state index in [4.69, 9.17) is 4.52 Å². The smallest absolute Gasteiger partial charge is 0.241 e. The molecular formula is C25H30N4O2S. The monoisotopic (exact) mass is 450 g/mol. The molecule has 1 aromatic heterocycles. The molecule has 3 aromatic rings. The van der Waals surface area contributed by atoms with Gasteiger partial charge in [0.15, 0.2) is 0 Å². The van der Waals surface area contributed by atoms with Crippen molar-refractivity contribution in [2.75, 3.05) is 25.4 Å². The third kappa shape index (κ3) is 6.43. The molecule has 1 fully saturated rings. The highest BCUT2D eigenvalue weighted by molar-refractivity contribution is 7.99. The van der Waals surface area contributed by atoms with E-state index < -0.39 is 0 Å². The first-order chi connectivity index (χ1) is 15.7. The van der Waals surface area contributed by atoms with E-state index in [0.717, 1.165) is 50.2 Å². The van der Waals surface area contributed by atoms with Crippen LogP contribution in [0.3, 0.4) is 0 Å². The maximum Gasteiger partial charge on any atom is 0.241 e. The predicted molar refractivity (Wildman–Crippen MR) is 127 cm³/mol. The minimum Gasteiger partial charge on any atom is -0.356 e. The number of aromatic nitrogens is 2. The van der Waals surface area contributed by atoms with Gasteiger partial charge in [-0.2, -0.15) is 4.98 Å². The Morgan fingerprint density at radius 1 is 1.19 bits per heavy atom. The van der Waals surface area contributed by atoms with Crippen LogP contribution < -0.4 is 5.32 Å². The summed E-state index contributed by atoms with van der Waals surface area (Å²) >= 11 is 1.84. The van der Waals surface area contributed by atoms with Crippen LogP contribution in [0.2, 0.25) is 0 Å². The Labute approximate surface area is 193 Å². The first-order valence-corrected chi connectivity index (χ1v) is 12.2. The number of carbonyl (C=O) groups excluding carboxylic acids is 1. The molecule has 7 heteroatoms. The summed E-state index contributed by atoms with van der Waals surface area (Å²) in [4.78, 5) is 20.7. The number of piperidine rings is 1. The Hall–Kier alpha value is -2.64. The fourth-order valence-corrected chi connectivity index (χ4v) is 4.73. The summed E-state index contributed by atoms with van der Waals surface area (Å²) in [7, 11) is 0. The van der Waals surface area contributed by atoms with Gasteiger partial charge in [0.25, 0.3) is 0 Å². The molecule has 1 aliphatic heterocycles. The van der Waals surface area contributed by atoms with E-state index >= 15 is 0 Å². The normalized spacial score (nSPS) is 16.7. The molecule has 0 saturated carbocycles. The Kier molecular flexibility index (Phi) is 7.96. The van der Waals surface area contributed by atoms with Crippen LogP contribution in [-0.2, 0) is 11.3 Å². The number of likely N-dealkylation sites (tertiary alicyclic amines) is 1. The third-order valence-corrected chi connectivity index (χ3v) is 6.74. The van der Waals surface area contributed by atoms with Gasteiger partial charge in [0.05, 0.1) is 12.5 Å². The van der Waals surface area contributed by atoms with E-state index in [1.807, 2.05) is 42.1 Å². The summed E-state index contributed by atoms with van der Waals surface area (Å²) in [5.41, 5.74) is 2.22. The number of thioether (sulfide) groups is 1. The van der Waals surface area contributed by atoms with Gasteiger partial charge in [-0.25, -0.2) is 0 Å². The Morgan fingerprint density at radius 3 is 2.81 bits per heavy atom. The van der Waals surface area contributed by atoms with E-state index in [1.165, 1.54) is 10.5 Å². The van der Waals surface area contributed by atoms with Crippen molar-refractivity contribution in [2.24, 2.45) is 5.92 Å². The fraction of sp³-hybridized carbons (Fsp3) is 0.400. The number of rotatable bonds is 9. The lowest BCUT2D eigenvalue weighted by molar-refractivity contribution is -0.126. The maximum atomic E-state index is 12.7. The largest absolute Gasteiger partial charge is 0.356 e. The van der Waals surface area contributed by atoms with Crippen molar-refractivity contribution < 1.29 is 9.32 Å². The van der Waals surface area contributed by atoms with Crippen LogP contribution in [-0.4, -0.2) is 46.3 Å². The number of benzene rings is 2. The van der Waals surface area contributed by atoms with Gasteiger partial charge in [-0.3, -0.25) is 9.69 Å². The Morgan fingerprint density at radius 2 is 2.00 bits per heavy atom. The van der Waals surface area contributed by atoms with Crippen molar-refractivity contribution in [1.82, 2.24) is 20.4 Å². The highest BCUT2D eigenvalue weighted by atomic mass is 32.2. The minimum atomic E-state index is 0.0185. The molecule has 1 unspecified atom stereocenters. The van der Waals surface area contributed by atoms with Crippen molar-refractivity contribution in [3.63, 3.8) is 0 Å². The van der Waals surface area contributed by atoms with Crippen LogP contribution in [0.4, 0.5) is 0 Å². The molecule has 1 N–H and O–H groups in total. The zero-order valence-corrected chi connectivity index (χ0v) is 19.3. The van der Waals surface area contributed by atoms with E-state index in [9.17, 15) is 4.79 Å². The molecule has 6 nitrogen and oxygen atoms in total. The molecule has 168 valence electrons. The van der Waals surface area contributed by atoms with E-state index in [1.54, 1.807) is 0 Å². The molecule has 0 bridgehead atoms. The maximum absolute atomic E-state index is 12.7. The van der Waals surface area contributed by atoms with Crippen molar-refractivity contribution in [3.05, 3.63) is 66.1 Å². The molecule has 0 radical (unpaired) electrons. The molecule has 2 aromatic carbocycles. The molecule has 1 atom stereocenters. The zero-order valence-electron chi connectivity index (χ0n) is 18.5. The molecule has 1 amide bonds. The third-order valence-electron chi connectivity index (χ3n) is 5.65. The second-order valence-corrected chi connectivity index (χ2v) is 9.43. The van der Waals surface area contributed by atoms with Crippen molar-refractivity contribution in [2.45, 2.75) is 37.6 Å². The van der Waals surface area contributed by atoms with Gasteiger partial charge in [0, 0.05) is 23.5 Å². The number of carbonyl (C=O) groups is 1. The summed E-state index contributed by atoms with van der Waals surface area (Å²) in [6, 6.07) is 18.4. The lowest BCUT2D eigenvalue weighted by atomic mass is 9.97. The summed E-state index contributed by atoms with van der Waals surface area (Å²) < 4.78 is 5.45. The van der Waals surface area contributed by atoms with Crippen molar-refractivity contribution in [3.8, 4) is 11.4 Å². The number of amides is 1. The van der Waals surface area contributed by atoms with Gasteiger partial charge in [-0.1, -0.05) is 53.2 Å². The van der Waals surface area contributed by atoms with Crippen LogP contribution in [0.1, 0.15) is 30.7 Å². The summed E-state index contributed by atoms with van der Waals surface area (Å²) in [6.45, 7) is 5.07. The predicted octanol–water partition coefficient (Wildman–Crippen LogP) is 4.56. The first kappa shape index (κ1) is 22.6. The highest BCUT2D eigenvalue weighted by Crippen LogP contribution is 2.21. The topological polar surface area (TPSA) is 71.3 Å². The van der Waals surface area contributed by atoms with Gasteiger partial charge in [-0.15, -0.1) is 11.8 Å². The Bertz CT molecular complexity index is 991. The van der Waals surface area contributed by atoms with Crippen molar-refractivity contribution >= 4 is 17.7 Å². The molecule has 2 heterocycles. The number of hydrogen-bond donors (Lipinski definition) is 1. The van der Waals surface area contributed by atoms with Crippen LogP contribution >= 0.6 is 11.8 Å². The first-order valence-electron chi connectivity index (χ1n) is 11.2. The van der Waals surface area contributed by atoms with E-state index in [0.29, 0.717) is 18.3 Å². The lowest BCUT2D eigenvalue weighted by Gasteiger charge is -2.30. The minimum absolute atomic E-state index is 0.0185. The summed E-state index contributed by atoms with van der Waals surface area (Å²) in [6.07, 6.45) is 2.89. The van der Waals surface area contributed by atoms with Crippen LogP contribution in [0.5, 0.6) is 0 Å². The second-order valence-electron chi connectivity index (χ2n) is 8.26. The SMILES string of the molecule is Cc1ccc(SCCCNC(=O)C2CCCN(Cc3nc(-c4ccccc4)no3)C2)cc1. The van der Waals surface area contributed by atoms with Crippen LogP contribution in [0.15, 0.2) is 64.0 Å². The number of aryl methyl sites for hydroxylation is 1. The molecule has 32 heavy (non-hydrogen) atoms. The van der Waals surface area contributed by atoms with Gasteiger partial charge < -0.3 is 9.84 Å². The molecule has 0 aliphatic carbocycles. The number of hydrogen-bond acceptors (Lipinski definition) is 6. The standard InChI is InChI=1S/C25H30N4O2S/c1-19-10-12-22(13-11-19)32-16-6-14-26-25(30)21-9-5-15-29(17-21)18-23-27-24(28-31-23)20-7-3-2-4-8-20/h2-4,7-8,10-13,21H,5-6,9,14-18H2,1H3,(H,26,30). The highest BCUT2D eigenvalue weighted by Gasteiger charge is 2.26. The number of nitrogens with one attached hydrogen (secondary N) is 1. The lowest BCUT2D eigenvalue weighted by Crippen LogP contribution is -2.43. The molecular weight excluding hydrogens is 420 g/mol. The number of nitrogens with zero attached hydrogens (tertiary/aromatic N) is 3.